The van der Waals surface area contributed by atoms with E-state index in [1.165, 1.54) is 63.4 Å². The van der Waals surface area contributed by atoms with Gasteiger partial charge in [-0.05, 0) is 111 Å². The molecule has 0 radical (unpaired) electrons. The zero-order valence-electron chi connectivity index (χ0n) is 19.9. The lowest BCUT2D eigenvalue weighted by molar-refractivity contribution is -0.219. The number of nitrogens with two attached hydrogens (primary N) is 1. The van der Waals surface area contributed by atoms with E-state index in [0.29, 0.717) is 23.4 Å². The Labute approximate surface area is 188 Å². The summed E-state index contributed by atoms with van der Waals surface area (Å²) in [6.45, 7) is 6.72. The van der Waals surface area contributed by atoms with Gasteiger partial charge < -0.3 is 19.6 Å². The number of ether oxygens (including phenoxy) is 2. The molecule has 8 atom stereocenters. The van der Waals surface area contributed by atoms with Gasteiger partial charge in [0, 0.05) is 19.1 Å². The largest absolute Gasteiger partial charge is 0.472 e. The first kappa shape index (κ1) is 22.0. The molecule has 0 aliphatic heterocycles. The summed E-state index contributed by atoms with van der Waals surface area (Å²) in [5.74, 6) is 2.83. The highest BCUT2D eigenvalue weighted by Crippen LogP contribution is 2.71. The number of rotatable bonds is 6. The number of hydrogen-bond acceptors (Lipinski definition) is 4. The van der Waals surface area contributed by atoms with Gasteiger partial charge in [0.15, 0.2) is 0 Å². The Morgan fingerprint density at radius 1 is 1.06 bits per heavy atom. The van der Waals surface area contributed by atoms with Crippen LogP contribution in [0.2, 0.25) is 0 Å². The third-order valence-electron chi connectivity index (χ3n) is 10.8. The molecule has 4 saturated carbocycles. The second kappa shape index (κ2) is 8.18. The Hall–Kier alpha value is -0.840. The fourth-order valence-corrected chi connectivity index (χ4v) is 9.13. The van der Waals surface area contributed by atoms with Crippen molar-refractivity contribution in [2.45, 2.75) is 95.7 Å². The van der Waals surface area contributed by atoms with Crippen LogP contribution in [0.4, 0.5) is 0 Å². The molecule has 1 aromatic heterocycles. The van der Waals surface area contributed by atoms with E-state index in [1.807, 2.05) is 19.6 Å². The van der Waals surface area contributed by atoms with Crippen molar-refractivity contribution in [1.29, 1.82) is 0 Å². The SMILES string of the molecule is CO[C@@]12CCC(c3ccoc3)[C@@]1(C)CC[C@@H]1[C@H]2CCC2CC(OCCCN)CC[C@@]21C. The minimum atomic E-state index is 0.0142. The zero-order chi connectivity index (χ0) is 21.7. The quantitative estimate of drug-likeness (QED) is 0.571. The second-order valence-corrected chi connectivity index (χ2v) is 11.6. The monoisotopic (exact) mass is 429 g/mol. The molecule has 5 rings (SSSR count). The number of hydrogen-bond donors (Lipinski definition) is 1. The Balaban J connectivity index is 1.38. The highest BCUT2D eigenvalue weighted by atomic mass is 16.5. The molecule has 4 fully saturated rings. The van der Waals surface area contributed by atoms with Crippen LogP contribution in [0.5, 0.6) is 0 Å². The third-order valence-corrected chi connectivity index (χ3v) is 10.8. The van der Waals surface area contributed by atoms with Crippen molar-refractivity contribution in [3.8, 4) is 0 Å². The summed E-state index contributed by atoms with van der Waals surface area (Å²) in [5.41, 5.74) is 7.71. The van der Waals surface area contributed by atoms with Crippen LogP contribution < -0.4 is 5.73 Å². The molecule has 31 heavy (non-hydrogen) atoms. The summed E-state index contributed by atoms with van der Waals surface area (Å²) in [5, 5.41) is 0. The molecular weight excluding hydrogens is 386 g/mol. The van der Waals surface area contributed by atoms with Crippen molar-refractivity contribution < 1.29 is 13.9 Å². The van der Waals surface area contributed by atoms with E-state index in [0.717, 1.165) is 31.4 Å². The van der Waals surface area contributed by atoms with Crippen LogP contribution in [-0.4, -0.2) is 32.0 Å². The summed E-state index contributed by atoms with van der Waals surface area (Å²) in [6.07, 6.45) is 16.8. The molecule has 1 heterocycles. The van der Waals surface area contributed by atoms with Crippen molar-refractivity contribution >= 4 is 0 Å². The Kier molecular flexibility index (Phi) is 5.80. The van der Waals surface area contributed by atoms with Crippen LogP contribution >= 0.6 is 0 Å². The normalized spacial score (nSPS) is 46.9. The van der Waals surface area contributed by atoms with Gasteiger partial charge in [-0.3, -0.25) is 0 Å². The lowest BCUT2D eigenvalue weighted by Crippen LogP contribution is -2.62. The van der Waals surface area contributed by atoms with Gasteiger partial charge in [-0.2, -0.15) is 0 Å². The maximum Gasteiger partial charge on any atom is 0.0937 e. The highest BCUT2D eigenvalue weighted by molar-refractivity contribution is 5.27. The van der Waals surface area contributed by atoms with Crippen LogP contribution in [0.1, 0.15) is 89.5 Å². The van der Waals surface area contributed by atoms with E-state index in [4.69, 9.17) is 19.6 Å². The molecule has 4 aliphatic carbocycles. The van der Waals surface area contributed by atoms with Gasteiger partial charge in [0.2, 0.25) is 0 Å². The molecule has 4 heteroatoms. The minimum Gasteiger partial charge on any atom is -0.472 e. The molecule has 4 aliphatic rings. The molecule has 0 bridgehead atoms. The van der Waals surface area contributed by atoms with Gasteiger partial charge >= 0.3 is 0 Å². The third kappa shape index (κ3) is 3.19. The van der Waals surface area contributed by atoms with Gasteiger partial charge in [0.05, 0.1) is 24.2 Å². The van der Waals surface area contributed by atoms with E-state index in [1.54, 1.807) is 0 Å². The Morgan fingerprint density at radius 2 is 1.94 bits per heavy atom. The Morgan fingerprint density at radius 3 is 2.68 bits per heavy atom. The van der Waals surface area contributed by atoms with Gasteiger partial charge in [-0.1, -0.05) is 13.8 Å². The second-order valence-electron chi connectivity index (χ2n) is 11.6. The average molecular weight is 430 g/mol. The first-order chi connectivity index (χ1) is 15.0. The van der Waals surface area contributed by atoms with Crippen molar-refractivity contribution in [3.05, 3.63) is 24.2 Å². The fraction of sp³-hybridized carbons (Fsp3) is 0.852. The lowest BCUT2D eigenvalue weighted by Gasteiger charge is -2.64. The summed E-state index contributed by atoms with van der Waals surface area (Å²) in [6, 6.07) is 2.19. The number of methoxy groups -OCH3 is 1. The molecular formula is C27H43NO3. The van der Waals surface area contributed by atoms with Gasteiger partial charge in [-0.15, -0.1) is 0 Å². The van der Waals surface area contributed by atoms with E-state index in [2.05, 4.69) is 19.9 Å². The zero-order valence-corrected chi connectivity index (χ0v) is 19.9. The molecule has 0 saturated heterocycles. The van der Waals surface area contributed by atoms with Crippen molar-refractivity contribution in [3.63, 3.8) is 0 Å². The molecule has 3 unspecified atom stereocenters. The summed E-state index contributed by atoms with van der Waals surface area (Å²) in [7, 11) is 2.01. The predicted octanol–water partition coefficient (Wildman–Crippen LogP) is 5.91. The number of furan rings is 1. The minimum absolute atomic E-state index is 0.0142. The fourth-order valence-electron chi connectivity index (χ4n) is 9.13. The molecule has 174 valence electrons. The molecule has 2 N–H and O–H groups in total. The van der Waals surface area contributed by atoms with Crippen LogP contribution in [0.25, 0.3) is 0 Å². The average Bonchev–Trinajstić information content (AvgIpc) is 3.39. The van der Waals surface area contributed by atoms with Gasteiger partial charge in [0.1, 0.15) is 0 Å². The van der Waals surface area contributed by atoms with Gasteiger partial charge in [0.25, 0.3) is 0 Å². The highest BCUT2D eigenvalue weighted by Gasteiger charge is 2.68. The molecule has 0 spiro atoms. The van der Waals surface area contributed by atoms with E-state index < -0.39 is 0 Å². The van der Waals surface area contributed by atoms with E-state index in [-0.39, 0.29) is 11.0 Å². The summed E-state index contributed by atoms with van der Waals surface area (Å²) < 4.78 is 18.4. The van der Waals surface area contributed by atoms with Crippen molar-refractivity contribution in [1.82, 2.24) is 0 Å². The topological polar surface area (TPSA) is 57.6 Å². The van der Waals surface area contributed by atoms with Crippen LogP contribution in [0.3, 0.4) is 0 Å². The maximum atomic E-state index is 6.65. The summed E-state index contributed by atoms with van der Waals surface area (Å²) >= 11 is 0. The first-order valence-corrected chi connectivity index (χ1v) is 12.9. The molecule has 0 amide bonds. The van der Waals surface area contributed by atoms with Crippen molar-refractivity contribution in [2.75, 3.05) is 20.3 Å². The van der Waals surface area contributed by atoms with E-state index >= 15 is 0 Å². The summed E-state index contributed by atoms with van der Waals surface area (Å²) in [4.78, 5) is 0. The number of fused-ring (bicyclic) bond motifs is 5. The maximum absolute atomic E-state index is 6.65. The van der Waals surface area contributed by atoms with Crippen LogP contribution in [0.15, 0.2) is 23.0 Å². The molecule has 1 aromatic rings. The lowest BCUT2D eigenvalue weighted by atomic mass is 9.43. The first-order valence-electron chi connectivity index (χ1n) is 12.9. The standard InChI is InChI=1S/C27H43NO3/c1-25-11-7-21(31-15-4-14-28)17-20(25)5-6-24-23(25)8-12-26(2)22(19-10-16-30-18-19)9-13-27(24,26)29-3/h10,16,18,20-24H,4-9,11-15,17,28H2,1-3H3/t20?,21?,22?,23-,24-,25+,26-,27-/m1/s1. The van der Waals surface area contributed by atoms with Gasteiger partial charge in [-0.25, -0.2) is 0 Å². The predicted molar refractivity (Wildman–Crippen MR) is 123 cm³/mol. The van der Waals surface area contributed by atoms with Crippen molar-refractivity contribution in [2.24, 2.45) is 34.3 Å². The molecule has 0 aromatic carbocycles. The van der Waals surface area contributed by atoms with E-state index in [9.17, 15) is 0 Å². The molecule has 4 nitrogen and oxygen atoms in total. The Bertz CT molecular complexity index is 750. The smallest absolute Gasteiger partial charge is 0.0937 e. The van der Waals surface area contributed by atoms with Crippen LogP contribution in [0, 0.1) is 28.6 Å². The van der Waals surface area contributed by atoms with Crippen LogP contribution in [-0.2, 0) is 9.47 Å².